The Morgan fingerprint density at radius 1 is 0.879 bits per heavy atom. The Kier molecular flexibility index (Phi) is 8.71. The molecule has 0 heterocycles. The summed E-state index contributed by atoms with van der Waals surface area (Å²) in [7, 11) is -3.55. The van der Waals surface area contributed by atoms with Crippen molar-refractivity contribution in [3.63, 3.8) is 0 Å². The molecule has 0 aliphatic carbocycles. The van der Waals surface area contributed by atoms with Crippen LogP contribution in [-0.4, -0.2) is 23.9 Å². The standard InChI is InChI=1S/C27H29O4PS/c1-4-31-25(28)15-16-33-19-22-17-20(2)26(21(3)18-22)27(29)32(30,23-11-7-5-8-12-23)24-13-9-6-10-14-24/h5-14,17-18H,4,15-16,19H2,1-3H3. The number of esters is 1. The van der Waals surface area contributed by atoms with Gasteiger partial charge in [0, 0.05) is 27.7 Å². The Hall–Kier alpha value is -2.62. The number of thioether (sulfide) groups is 1. The zero-order chi connectivity index (χ0) is 23.8. The van der Waals surface area contributed by atoms with Crippen LogP contribution in [-0.2, 0) is 19.8 Å². The Bertz CT molecular complexity index is 1090. The minimum atomic E-state index is -3.55. The lowest BCUT2D eigenvalue weighted by Gasteiger charge is -2.21. The summed E-state index contributed by atoms with van der Waals surface area (Å²) in [6, 6.07) is 22.0. The lowest BCUT2D eigenvalue weighted by molar-refractivity contribution is -0.142. The Morgan fingerprint density at radius 3 is 1.88 bits per heavy atom. The summed E-state index contributed by atoms with van der Waals surface area (Å²) < 4.78 is 19.4. The first-order valence-electron chi connectivity index (χ1n) is 11.0. The highest BCUT2D eigenvalue weighted by atomic mass is 32.2. The van der Waals surface area contributed by atoms with E-state index in [1.807, 2.05) is 62.4 Å². The lowest BCUT2D eigenvalue weighted by atomic mass is 10.0. The largest absolute Gasteiger partial charge is 0.466 e. The molecule has 0 bridgehead atoms. The molecule has 0 N–H and O–H groups in total. The molecule has 0 saturated carbocycles. The van der Waals surface area contributed by atoms with Crippen LogP contribution in [0.4, 0.5) is 0 Å². The number of hydrogen-bond acceptors (Lipinski definition) is 5. The van der Waals surface area contributed by atoms with Crippen molar-refractivity contribution in [3.05, 3.63) is 95.1 Å². The Labute approximate surface area is 200 Å². The number of benzene rings is 3. The molecule has 172 valence electrons. The van der Waals surface area contributed by atoms with Crippen LogP contribution in [0.15, 0.2) is 72.8 Å². The molecule has 3 aromatic carbocycles. The lowest BCUT2D eigenvalue weighted by Crippen LogP contribution is -2.23. The van der Waals surface area contributed by atoms with E-state index in [0.717, 1.165) is 22.4 Å². The summed E-state index contributed by atoms with van der Waals surface area (Å²) in [5.74, 6) is 1.22. The van der Waals surface area contributed by atoms with Crippen LogP contribution in [0, 0.1) is 13.8 Å². The number of ether oxygens (including phenoxy) is 1. The van der Waals surface area contributed by atoms with Crippen molar-refractivity contribution in [2.45, 2.75) is 32.9 Å². The molecule has 0 aliphatic heterocycles. The van der Waals surface area contributed by atoms with Crippen LogP contribution in [0.3, 0.4) is 0 Å². The highest BCUT2D eigenvalue weighted by Gasteiger charge is 2.37. The predicted molar refractivity (Wildman–Crippen MR) is 137 cm³/mol. The van der Waals surface area contributed by atoms with Crippen molar-refractivity contribution >= 4 is 41.0 Å². The van der Waals surface area contributed by atoms with Gasteiger partial charge >= 0.3 is 5.97 Å². The molecule has 6 heteroatoms. The summed E-state index contributed by atoms with van der Waals surface area (Å²) in [6.45, 7) is 5.99. The number of aryl methyl sites for hydroxylation is 2. The van der Waals surface area contributed by atoms with Gasteiger partial charge < -0.3 is 9.30 Å². The second-order valence-corrected chi connectivity index (χ2v) is 11.6. The average Bonchev–Trinajstić information content (AvgIpc) is 2.82. The van der Waals surface area contributed by atoms with Gasteiger partial charge in [-0.3, -0.25) is 9.59 Å². The molecule has 3 rings (SSSR count). The second kappa shape index (κ2) is 11.5. The van der Waals surface area contributed by atoms with E-state index in [0.29, 0.717) is 35.0 Å². The van der Waals surface area contributed by atoms with Gasteiger partial charge in [-0.15, -0.1) is 0 Å². The zero-order valence-corrected chi connectivity index (χ0v) is 21.0. The van der Waals surface area contributed by atoms with E-state index in [-0.39, 0.29) is 11.5 Å². The van der Waals surface area contributed by atoms with E-state index in [1.54, 1.807) is 43.0 Å². The Morgan fingerprint density at radius 2 is 1.39 bits per heavy atom. The highest BCUT2D eigenvalue weighted by Crippen LogP contribution is 2.48. The fraction of sp³-hybridized carbons (Fsp3) is 0.259. The van der Waals surface area contributed by atoms with Crippen LogP contribution in [0.1, 0.15) is 40.4 Å². The van der Waals surface area contributed by atoms with Crippen molar-refractivity contribution in [2.75, 3.05) is 12.4 Å². The normalized spacial score (nSPS) is 11.2. The SMILES string of the molecule is CCOC(=O)CCSCc1cc(C)c(C(=O)P(=O)(c2ccccc2)c2ccccc2)c(C)c1. The number of hydrogen-bond donors (Lipinski definition) is 0. The van der Waals surface area contributed by atoms with Gasteiger partial charge in [-0.25, -0.2) is 0 Å². The quantitative estimate of drug-likeness (QED) is 0.213. The molecular weight excluding hydrogens is 451 g/mol. The number of carbonyl (C=O) groups is 2. The van der Waals surface area contributed by atoms with Crippen LogP contribution >= 0.6 is 18.9 Å². The van der Waals surface area contributed by atoms with Crippen molar-refractivity contribution < 1.29 is 18.9 Å². The topological polar surface area (TPSA) is 60.4 Å². The third-order valence-electron chi connectivity index (χ3n) is 5.36. The Balaban J connectivity index is 1.89. The van der Waals surface area contributed by atoms with Gasteiger partial charge in [0.15, 0.2) is 0 Å². The highest BCUT2D eigenvalue weighted by molar-refractivity contribution is 7.98. The van der Waals surface area contributed by atoms with E-state index in [1.165, 1.54) is 0 Å². The smallest absolute Gasteiger partial charge is 0.306 e. The maximum absolute atomic E-state index is 14.4. The molecule has 0 unspecified atom stereocenters. The van der Waals surface area contributed by atoms with E-state index >= 15 is 0 Å². The third-order valence-corrected chi connectivity index (χ3v) is 9.23. The first-order chi connectivity index (χ1) is 15.9. The fourth-order valence-corrected chi connectivity index (χ4v) is 7.35. The molecule has 0 aromatic heterocycles. The van der Waals surface area contributed by atoms with Crippen molar-refractivity contribution in [1.82, 2.24) is 0 Å². The molecule has 0 atom stereocenters. The summed E-state index contributed by atoms with van der Waals surface area (Å²) >= 11 is 1.65. The molecule has 0 fully saturated rings. The molecule has 33 heavy (non-hydrogen) atoms. The van der Waals surface area contributed by atoms with Crippen LogP contribution in [0.2, 0.25) is 0 Å². The molecule has 0 spiro atoms. The zero-order valence-electron chi connectivity index (χ0n) is 19.2. The van der Waals surface area contributed by atoms with Crippen LogP contribution in [0.25, 0.3) is 0 Å². The van der Waals surface area contributed by atoms with Gasteiger partial charge in [0.2, 0.25) is 12.7 Å². The van der Waals surface area contributed by atoms with Gasteiger partial charge in [0.05, 0.1) is 13.0 Å². The molecule has 4 nitrogen and oxygen atoms in total. The van der Waals surface area contributed by atoms with E-state index in [9.17, 15) is 14.2 Å². The minimum Gasteiger partial charge on any atom is -0.466 e. The predicted octanol–water partition coefficient (Wildman–Crippen LogP) is 5.64. The van der Waals surface area contributed by atoms with Crippen molar-refractivity contribution in [3.8, 4) is 0 Å². The number of rotatable bonds is 10. The minimum absolute atomic E-state index is 0.184. The number of carbonyl (C=O) groups excluding carboxylic acids is 2. The average molecular weight is 481 g/mol. The van der Waals surface area contributed by atoms with E-state index < -0.39 is 7.14 Å². The summed E-state index contributed by atoms with van der Waals surface area (Å²) in [5, 5.41) is 1.08. The molecule has 0 saturated heterocycles. The van der Waals surface area contributed by atoms with E-state index in [4.69, 9.17) is 4.74 Å². The maximum Gasteiger partial charge on any atom is 0.306 e. The third kappa shape index (κ3) is 5.85. The monoisotopic (exact) mass is 480 g/mol. The van der Waals surface area contributed by atoms with Crippen molar-refractivity contribution in [1.29, 1.82) is 0 Å². The van der Waals surface area contributed by atoms with Crippen molar-refractivity contribution in [2.24, 2.45) is 0 Å². The molecular formula is C27H29O4PS. The summed E-state index contributed by atoms with van der Waals surface area (Å²) in [5.41, 5.74) is 2.88. The molecule has 0 radical (unpaired) electrons. The first kappa shape index (κ1) is 25.0. The van der Waals surface area contributed by atoms with Gasteiger partial charge in [-0.2, -0.15) is 11.8 Å². The van der Waals surface area contributed by atoms with Gasteiger partial charge in [0.1, 0.15) is 0 Å². The summed E-state index contributed by atoms with van der Waals surface area (Å²) in [4.78, 5) is 25.4. The van der Waals surface area contributed by atoms with Gasteiger partial charge in [-0.05, 0) is 37.5 Å². The molecule has 0 aliphatic rings. The first-order valence-corrected chi connectivity index (χ1v) is 13.8. The van der Waals surface area contributed by atoms with E-state index in [2.05, 4.69) is 0 Å². The van der Waals surface area contributed by atoms with Crippen LogP contribution < -0.4 is 10.6 Å². The summed E-state index contributed by atoms with van der Waals surface area (Å²) in [6.07, 6.45) is 0.379. The van der Waals surface area contributed by atoms with Gasteiger partial charge in [0.25, 0.3) is 0 Å². The fourth-order valence-electron chi connectivity index (χ4n) is 3.87. The molecule has 3 aromatic rings. The second-order valence-electron chi connectivity index (χ2n) is 7.80. The van der Waals surface area contributed by atoms with Crippen LogP contribution in [0.5, 0.6) is 0 Å². The molecule has 0 amide bonds. The van der Waals surface area contributed by atoms with Gasteiger partial charge in [-0.1, -0.05) is 72.8 Å². The maximum atomic E-state index is 14.4.